The summed E-state index contributed by atoms with van der Waals surface area (Å²) in [7, 11) is 1.97. The molecule has 0 aliphatic heterocycles. The van der Waals surface area contributed by atoms with Crippen LogP contribution in [0.3, 0.4) is 0 Å². The van der Waals surface area contributed by atoms with Crippen LogP contribution in [0.5, 0.6) is 0 Å². The van der Waals surface area contributed by atoms with Crippen LogP contribution >= 0.6 is 15.9 Å². The summed E-state index contributed by atoms with van der Waals surface area (Å²) in [6.07, 6.45) is 0. The average molecular weight is 287 g/mol. The molecule has 3 nitrogen and oxygen atoms in total. The highest BCUT2D eigenvalue weighted by Crippen LogP contribution is 2.30. The molecule has 1 aromatic carbocycles. The van der Waals surface area contributed by atoms with Crippen molar-refractivity contribution >= 4 is 21.6 Å². The smallest absolute Gasteiger partial charge is 0.0658 e. The van der Waals surface area contributed by atoms with Crippen molar-refractivity contribution in [3.05, 3.63) is 28.2 Å². The summed E-state index contributed by atoms with van der Waals surface area (Å²) in [5, 5.41) is 9.34. The number of nitrogens with zero attached hydrogens (tertiary/aromatic N) is 1. The van der Waals surface area contributed by atoms with E-state index in [2.05, 4.69) is 20.8 Å². The first kappa shape index (κ1) is 13.5. The predicted octanol–water partition coefficient (Wildman–Crippen LogP) is 2.11. The van der Waals surface area contributed by atoms with Crippen LogP contribution in [0.4, 0.5) is 5.69 Å². The van der Waals surface area contributed by atoms with Gasteiger partial charge in [0.05, 0.1) is 17.8 Å². The molecule has 0 amide bonds. The topological polar surface area (TPSA) is 49.5 Å². The van der Waals surface area contributed by atoms with Gasteiger partial charge >= 0.3 is 0 Å². The van der Waals surface area contributed by atoms with E-state index >= 15 is 0 Å². The molecule has 0 fully saturated rings. The molecule has 90 valence electrons. The number of anilines is 1. The van der Waals surface area contributed by atoms with E-state index in [1.807, 2.05) is 39.1 Å². The Morgan fingerprint density at radius 3 is 2.50 bits per heavy atom. The van der Waals surface area contributed by atoms with E-state index in [0.717, 1.165) is 15.7 Å². The lowest BCUT2D eigenvalue weighted by Gasteiger charge is -2.36. The Bertz CT molecular complexity index is 366. The fourth-order valence-corrected chi connectivity index (χ4v) is 2.07. The van der Waals surface area contributed by atoms with E-state index in [4.69, 9.17) is 5.73 Å². The van der Waals surface area contributed by atoms with Crippen molar-refractivity contribution < 1.29 is 5.11 Å². The molecule has 0 atom stereocenters. The molecule has 1 rings (SSSR count). The molecule has 1 aromatic rings. The summed E-state index contributed by atoms with van der Waals surface area (Å²) in [5.41, 5.74) is 7.44. The number of hydrogen-bond acceptors (Lipinski definition) is 3. The minimum Gasteiger partial charge on any atom is -0.394 e. The number of rotatable bonds is 4. The Hall–Kier alpha value is -0.580. The lowest BCUT2D eigenvalue weighted by atomic mass is 10.0. The van der Waals surface area contributed by atoms with Gasteiger partial charge in [-0.1, -0.05) is 6.07 Å². The van der Waals surface area contributed by atoms with Gasteiger partial charge in [0.2, 0.25) is 0 Å². The molecule has 0 saturated carbocycles. The maximum atomic E-state index is 9.34. The Morgan fingerprint density at radius 2 is 2.06 bits per heavy atom. The Kier molecular flexibility index (Phi) is 4.35. The van der Waals surface area contributed by atoms with Gasteiger partial charge in [0, 0.05) is 18.1 Å². The lowest BCUT2D eigenvalue weighted by Crippen LogP contribution is -2.44. The minimum absolute atomic E-state index is 0.106. The maximum absolute atomic E-state index is 9.34. The van der Waals surface area contributed by atoms with E-state index in [1.165, 1.54) is 0 Å². The highest BCUT2D eigenvalue weighted by molar-refractivity contribution is 9.10. The van der Waals surface area contributed by atoms with Gasteiger partial charge in [0.1, 0.15) is 0 Å². The molecular weight excluding hydrogens is 268 g/mol. The zero-order chi connectivity index (χ0) is 12.3. The minimum atomic E-state index is -0.285. The summed E-state index contributed by atoms with van der Waals surface area (Å²) in [4.78, 5) is 2.05. The average Bonchev–Trinajstić information content (AvgIpc) is 2.28. The number of benzene rings is 1. The van der Waals surface area contributed by atoms with Crippen molar-refractivity contribution in [1.29, 1.82) is 0 Å². The zero-order valence-electron chi connectivity index (χ0n) is 10.00. The summed E-state index contributed by atoms with van der Waals surface area (Å²) in [5.74, 6) is 0. The largest absolute Gasteiger partial charge is 0.394 e. The number of aliphatic hydroxyl groups excluding tert-OH is 1. The SMILES string of the molecule is CN(c1ccc(CN)cc1Br)C(C)(C)CO. The molecule has 0 aliphatic carbocycles. The lowest BCUT2D eigenvalue weighted by molar-refractivity contribution is 0.216. The first-order valence-electron chi connectivity index (χ1n) is 5.25. The van der Waals surface area contributed by atoms with E-state index in [1.54, 1.807) is 0 Å². The van der Waals surface area contributed by atoms with Gasteiger partial charge in [0.15, 0.2) is 0 Å². The van der Waals surface area contributed by atoms with Crippen LogP contribution < -0.4 is 10.6 Å². The summed E-state index contributed by atoms with van der Waals surface area (Å²) in [6, 6.07) is 6.03. The normalized spacial score (nSPS) is 11.6. The summed E-state index contributed by atoms with van der Waals surface area (Å²) < 4.78 is 1.000. The van der Waals surface area contributed by atoms with Crippen molar-refractivity contribution in [3.63, 3.8) is 0 Å². The van der Waals surface area contributed by atoms with Gasteiger partial charge in [-0.25, -0.2) is 0 Å². The van der Waals surface area contributed by atoms with E-state index in [9.17, 15) is 5.11 Å². The third kappa shape index (κ3) is 2.75. The number of aliphatic hydroxyl groups is 1. The van der Waals surface area contributed by atoms with E-state index in [0.29, 0.717) is 6.54 Å². The van der Waals surface area contributed by atoms with Crippen molar-refractivity contribution in [2.75, 3.05) is 18.6 Å². The van der Waals surface area contributed by atoms with Gasteiger partial charge in [0.25, 0.3) is 0 Å². The van der Waals surface area contributed by atoms with Crippen LogP contribution in [0.25, 0.3) is 0 Å². The van der Waals surface area contributed by atoms with Crippen molar-refractivity contribution in [3.8, 4) is 0 Å². The summed E-state index contributed by atoms with van der Waals surface area (Å²) in [6.45, 7) is 4.63. The molecule has 0 bridgehead atoms. The van der Waals surface area contributed by atoms with Crippen LogP contribution in [0.1, 0.15) is 19.4 Å². The maximum Gasteiger partial charge on any atom is 0.0658 e. The molecule has 0 saturated heterocycles. The third-order valence-corrected chi connectivity index (χ3v) is 3.54. The van der Waals surface area contributed by atoms with Crippen molar-refractivity contribution in [1.82, 2.24) is 0 Å². The van der Waals surface area contributed by atoms with Crippen molar-refractivity contribution in [2.45, 2.75) is 25.9 Å². The van der Waals surface area contributed by atoms with Gasteiger partial charge in [-0.15, -0.1) is 0 Å². The van der Waals surface area contributed by atoms with Gasteiger partial charge in [-0.2, -0.15) is 0 Å². The molecule has 0 heterocycles. The van der Waals surface area contributed by atoms with Crippen LogP contribution in [-0.4, -0.2) is 24.3 Å². The van der Waals surface area contributed by atoms with Gasteiger partial charge in [-0.3, -0.25) is 0 Å². The second-order valence-corrected chi connectivity index (χ2v) is 5.37. The fraction of sp³-hybridized carbons (Fsp3) is 0.500. The second kappa shape index (κ2) is 5.17. The highest BCUT2D eigenvalue weighted by atomic mass is 79.9. The van der Waals surface area contributed by atoms with Crippen LogP contribution in [0.15, 0.2) is 22.7 Å². The van der Waals surface area contributed by atoms with Crippen LogP contribution in [0, 0.1) is 0 Å². The molecular formula is C12H19BrN2O. The van der Waals surface area contributed by atoms with E-state index < -0.39 is 0 Å². The number of likely N-dealkylation sites (N-methyl/N-ethyl adjacent to an activating group) is 1. The summed E-state index contributed by atoms with van der Waals surface area (Å²) >= 11 is 3.53. The quantitative estimate of drug-likeness (QED) is 0.891. The monoisotopic (exact) mass is 286 g/mol. The number of nitrogens with two attached hydrogens (primary N) is 1. The number of halogens is 1. The molecule has 0 aromatic heterocycles. The molecule has 0 aliphatic rings. The molecule has 0 unspecified atom stereocenters. The van der Waals surface area contributed by atoms with Crippen LogP contribution in [0.2, 0.25) is 0 Å². The Balaban J connectivity index is 3.05. The molecule has 0 radical (unpaired) electrons. The first-order chi connectivity index (χ1) is 7.42. The van der Waals surface area contributed by atoms with Crippen LogP contribution in [-0.2, 0) is 6.54 Å². The molecule has 0 spiro atoms. The standard InChI is InChI=1S/C12H19BrN2O/c1-12(2,8-16)15(3)11-5-4-9(7-14)6-10(11)13/h4-6,16H,7-8,14H2,1-3H3. The Morgan fingerprint density at radius 1 is 1.44 bits per heavy atom. The third-order valence-electron chi connectivity index (χ3n) is 2.90. The molecule has 3 N–H and O–H groups in total. The first-order valence-corrected chi connectivity index (χ1v) is 6.05. The Labute approximate surface area is 105 Å². The van der Waals surface area contributed by atoms with Crippen molar-refractivity contribution in [2.24, 2.45) is 5.73 Å². The molecule has 4 heteroatoms. The zero-order valence-corrected chi connectivity index (χ0v) is 11.6. The van der Waals surface area contributed by atoms with E-state index in [-0.39, 0.29) is 12.1 Å². The van der Waals surface area contributed by atoms with Gasteiger partial charge in [-0.05, 0) is 47.5 Å². The second-order valence-electron chi connectivity index (χ2n) is 4.52. The molecule has 16 heavy (non-hydrogen) atoms. The number of hydrogen-bond donors (Lipinski definition) is 2. The van der Waals surface area contributed by atoms with Gasteiger partial charge < -0.3 is 15.7 Å². The predicted molar refractivity (Wildman–Crippen MR) is 71.6 cm³/mol. The highest BCUT2D eigenvalue weighted by Gasteiger charge is 2.24. The fourth-order valence-electron chi connectivity index (χ4n) is 1.38.